The van der Waals surface area contributed by atoms with Crippen molar-refractivity contribution in [2.75, 3.05) is 26.2 Å². The average molecular weight is 416 g/mol. The Hall–Kier alpha value is -2.43. The van der Waals surface area contributed by atoms with E-state index in [-0.39, 0.29) is 0 Å². The van der Waals surface area contributed by atoms with E-state index in [9.17, 15) is 18.0 Å². The molecule has 10 heteroatoms. The number of alkyl halides is 3. The first-order chi connectivity index (χ1) is 13.1. The van der Waals surface area contributed by atoms with Crippen molar-refractivity contribution < 1.29 is 22.7 Å². The van der Waals surface area contributed by atoms with E-state index in [1.54, 1.807) is 7.05 Å². The smallest absolute Gasteiger partial charge is 0.416 e. The van der Waals surface area contributed by atoms with Crippen LogP contribution in [0, 0.1) is 0 Å². The molecule has 0 spiro atoms. The van der Waals surface area contributed by atoms with Crippen LogP contribution < -0.4 is 21.4 Å². The molecule has 0 aliphatic carbocycles. The number of benzene rings is 2. The summed E-state index contributed by atoms with van der Waals surface area (Å²) < 4.78 is 43.7. The molecule has 0 fully saturated rings. The van der Waals surface area contributed by atoms with Crippen molar-refractivity contribution in [3.63, 3.8) is 0 Å². The van der Waals surface area contributed by atoms with E-state index in [0.29, 0.717) is 22.8 Å². The highest BCUT2D eigenvalue weighted by Crippen LogP contribution is 2.38. The van der Waals surface area contributed by atoms with Crippen LogP contribution in [0.15, 0.2) is 47.4 Å². The molecule has 0 radical (unpaired) electrons. The Bertz CT molecular complexity index is 771. The molecule has 0 heterocycles. The average Bonchev–Trinajstić information content (AvgIpc) is 2.65. The normalized spacial score (nSPS) is 10.6. The molecular formula is C18H23F3N4O2S. The van der Waals surface area contributed by atoms with Gasteiger partial charge in [-0.15, -0.1) is 11.8 Å². The highest BCUT2D eigenvalue weighted by atomic mass is 32.2. The summed E-state index contributed by atoms with van der Waals surface area (Å²) in [6, 6.07) is 10.9. The zero-order valence-electron chi connectivity index (χ0n) is 15.7. The van der Waals surface area contributed by atoms with Gasteiger partial charge in [0.25, 0.3) is 0 Å². The lowest BCUT2D eigenvalue weighted by molar-refractivity contribution is -0.137. The SMILES string of the molecule is CN(N)C=O.COc1ccc(C(F)(F)F)cc1SCc1ccccc1N(C)N. The Morgan fingerprint density at radius 2 is 1.75 bits per heavy atom. The number of halogens is 3. The maximum Gasteiger partial charge on any atom is 0.416 e. The summed E-state index contributed by atoms with van der Waals surface area (Å²) in [5, 5.41) is 2.43. The van der Waals surface area contributed by atoms with Crippen LogP contribution >= 0.6 is 11.8 Å². The van der Waals surface area contributed by atoms with Crippen molar-refractivity contribution in [3.8, 4) is 5.75 Å². The number of rotatable bonds is 6. The van der Waals surface area contributed by atoms with Gasteiger partial charge in [-0.05, 0) is 29.8 Å². The molecular weight excluding hydrogens is 393 g/mol. The molecule has 0 bridgehead atoms. The lowest BCUT2D eigenvalue weighted by Gasteiger charge is -2.17. The van der Waals surface area contributed by atoms with Gasteiger partial charge in [0.2, 0.25) is 6.41 Å². The molecule has 2 aromatic rings. The molecule has 0 saturated heterocycles. The van der Waals surface area contributed by atoms with E-state index >= 15 is 0 Å². The molecule has 2 aromatic carbocycles. The summed E-state index contributed by atoms with van der Waals surface area (Å²) in [6.07, 6.45) is -3.85. The van der Waals surface area contributed by atoms with Crippen molar-refractivity contribution in [1.82, 2.24) is 5.01 Å². The topological polar surface area (TPSA) is 84.8 Å². The molecule has 28 heavy (non-hydrogen) atoms. The quantitative estimate of drug-likeness (QED) is 0.247. The molecule has 154 valence electrons. The Morgan fingerprint density at radius 1 is 1.14 bits per heavy atom. The first kappa shape index (κ1) is 23.6. The number of methoxy groups -OCH3 is 1. The number of carbonyl (C=O) groups is 1. The predicted molar refractivity (Wildman–Crippen MR) is 105 cm³/mol. The van der Waals surface area contributed by atoms with Crippen molar-refractivity contribution in [2.45, 2.75) is 16.8 Å². The number of nitrogens with zero attached hydrogens (tertiary/aromatic N) is 2. The van der Waals surface area contributed by atoms with Crippen molar-refractivity contribution in [3.05, 3.63) is 53.6 Å². The van der Waals surface area contributed by atoms with E-state index in [1.165, 1.54) is 37.0 Å². The Kier molecular flexibility index (Phi) is 9.10. The summed E-state index contributed by atoms with van der Waals surface area (Å²) in [5.74, 6) is 11.4. The predicted octanol–water partition coefficient (Wildman–Crippen LogP) is 3.26. The van der Waals surface area contributed by atoms with Crippen molar-refractivity contribution in [1.29, 1.82) is 0 Å². The fourth-order valence-electron chi connectivity index (χ4n) is 2.10. The van der Waals surface area contributed by atoms with Crippen LogP contribution in [-0.4, -0.2) is 32.6 Å². The molecule has 0 aromatic heterocycles. The molecule has 6 nitrogen and oxygen atoms in total. The van der Waals surface area contributed by atoms with Gasteiger partial charge < -0.3 is 9.75 Å². The molecule has 0 aliphatic rings. The molecule has 2 rings (SSSR count). The zero-order chi connectivity index (χ0) is 21.3. The fraction of sp³-hybridized carbons (Fsp3) is 0.278. The van der Waals surface area contributed by atoms with E-state index in [1.807, 2.05) is 24.3 Å². The number of hydrazine groups is 2. The van der Waals surface area contributed by atoms with Gasteiger partial charge in [-0.1, -0.05) is 18.2 Å². The standard InChI is InChI=1S/C16H17F3N2OS.C2H6N2O/c1-21(20)13-6-4-3-5-11(13)10-23-15-9-12(16(17,18)19)7-8-14(15)22-2;1-4(3)2-5/h3-9H,10,20H2,1-2H3;2H,3H2,1H3. The van der Waals surface area contributed by atoms with E-state index in [0.717, 1.165) is 28.4 Å². The third-order valence-corrected chi connectivity index (χ3v) is 4.50. The third-order valence-electron chi connectivity index (χ3n) is 3.41. The number of hydrogen-bond acceptors (Lipinski definition) is 6. The monoisotopic (exact) mass is 416 g/mol. The third kappa shape index (κ3) is 7.29. The molecule has 0 unspecified atom stereocenters. The number of hydrogen-bond donors (Lipinski definition) is 2. The number of thioether (sulfide) groups is 1. The second-order valence-electron chi connectivity index (χ2n) is 5.66. The summed E-state index contributed by atoms with van der Waals surface area (Å²) in [4.78, 5) is 9.75. The van der Waals surface area contributed by atoms with Crippen LogP contribution in [0.5, 0.6) is 5.75 Å². The van der Waals surface area contributed by atoms with Gasteiger partial charge in [0.1, 0.15) is 5.75 Å². The minimum absolute atomic E-state index is 0.418. The Balaban J connectivity index is 0.000000696. The second-order valence-corrected chi connectivity index (χ2v) is 6.68. The Labute approximate surface area is 166 Å². The molecule has 0 atom stereocenters. The van der Waals surface area contributed by atoms with Crippen LogP contribution in [0.3, 0.4) is 0 Å². The molecule has 1 amide bonds. The fourth-order valence-corrected chi connectivity index (χ4v) is 3.16. The van der Waals surface area contributed by atoms with Gasteiger partial charge in [0.05, 0.1) is 23.3 Å². The Morgan fingerprint density at radius 3 is 2.25 bits per heavy atom. The highest BCUT2D eigenvalue weighted by molar-refractivity contribution is 7.98. The maximum absolute atomic E-state index is 12.9. The number of anilines is 1. The van der Waals surface area contributed by atoms with Crippen LogP contribution in [0.25, 0.3) is 0 Å². The van der Waals surface area contributed by atoms with E-state index < -0.39 is 11.7 Å². The summed E-state index contributed by atoms with van der Waals surface area (Å²) in [7, 11) is 4.62. The van der Waals surface area contributed by atoms with Crippen LogP contribution in [0.4, 0.5) is 18.9 Å². The highest BCUT2D eigenvalue weighted by Gasteiger charge is 2.31. The van der Waals surface area contributed by atoms with Crippen LogP contribution in [0.2, 0.25) is 0 Å². The minimum Gasteiger partial charge on any atom is -0.496 e. The minimum atomic E-state index is -4.38. The van der Waals surface area contributed by atoms with Gasteiger partial charge in [-0.3, -0.25) is 9.80 Å². The number of amides is 1. The summed E-state index contributed by atoms with van der Waals surface area (Å²) in [6.45, 7) is 0. The second kappa shape index (κ2) is 10.8. The van der Waals surface area contributed by atoms with Gasteiger partial charge in [0, 0.05) is 19.8 Å². The lowest BCUT2D eigenvalue weighted by atomic mass is 10.2. The molecule has 0 saturated carbocycles. The van der Waals surface area contributed by atoms with Gasteiger partial charge in [-0.25, -0.2) is 11.7 Å². The first-order valence-electron chi connectivity index (χ1n) is 7.97. The van der Waals surface area contributed by atoms with Crippen LogP contribution in [0.1, 0.15) is 11.1 Å². The van der Waals surface area contributed by atoms with Crippen molar-refractivity contribution >= 4 is 23.9 Å². The number of nitrogens with two attached hydrogens (primary N) is 2. The number of para-hydroxylation sites is 1. The largest absolute Gasteiger partial charge is 0.496 e. The zero-order valence-corrected chi connectivity index (χ0v) is 16.6. The van der Waals surface area contributed by atoms with Gasteiger partial charge in [-0.2, -0.15) is 13.2 Å². The summed E-state index contributed by atoms with van der Waals surface area (Å²) >= 11 is 1.28. The number of ether oxygens (including phenoxy) is 1. The van der Waals surface area contributed by atoms with Crippen LogP contribution in [-0.2, 0) is 16.7 Å². The molecule has 4 N–H and O–H groups in total. The first-order valence-corrected chi connectivity index (χ1v) is 8.95. The molecule has 0 aliphatic heterocycles. The van der Waals surface area contributed by atoms with E-state index in [2.05, 4.69) is 0 Å². The maximum atomic E-state index is 12.9. The lowest BCUT2D eigenvalue weighted by Crippen LogP contribution is -2.26. The van der Waals surface area contributed by atoms with Gasteiger partial charge in [0.15, 0.2) is 0 Å². The number of carbonyl (C=O) groups excluding carboxylic acids is 1. The van der Waals surface area contributed by atoms with E-state index in [4.69, 9.17) is 16.4 Å². The summed E-state index contributed by atoms with van der Waals surface area (Å²) in [5.41, 5.74) is 1.07. The van der Waals surface area contributed by atoms with Crippen molar-refractivity contribution in [2.24, 2.45) is 11.7 Å². The van der Waals surface area contributed by atoms with Gasteiger partial charge >= 0.3 is 6.18 Å².